The monoisotopic (exact) mass is 232 g/mol. The van der Waals surface area contributed by atoms with Crippen LogP contribution in [-0.2, 0) is 0 Å². The Morgan fingerprint density at radius 1 is 1.38 bits per heavy atom. The van der Waals surface area contributed by atoms with Gasteiger partial charge in [0, 0.05) is 10.4 Å². The maximum atomic E-state index is 10.8. The first-order valence-electron chi connectivity index (χ1n) is 5.10. The van der Waals surface area contributed by atoms with Crippen molar-refractivity contribution in [2.24, 2.45) is 0 Å². The fourth-order valence-electron chi connectivity index (χ4n) is 1.53. The number of benzene rings is 1. The fraction of sp³-hybridized carbons (Fsp3) is 0.154. The molecule has 1 heterocycles. The maximum Gasteiger partial charge on any atom is 0.150 e. The molecule has 82 valence electrons. The van der Waals surface area contributed by atoms with Crippen molar-refractivity contribution in [1.82, 2.24) is 0 Å². The second-order valence-electron chi connectivity index (χ2n) is 3.32. The molecule has 0 aliphatic heterocycles. The normalized spacial score (nSPS) is 10.1. The molecular formula is C13H12O2S. The van der Waals surface area contributed by atoms with Gasteiger partial charge in [-0.05, 0) is 42.1 Å². The van der Waals surface area contributed by atoms with Gasteiger partial charge < -0.3 is 4.74 Å². The van der Waals surface area contributed by atoms with Crippen LogP contribution in [-0.4, -0.2) is 12.9 Å². The van der Waals surface area contributed by atoms with Crippen LogP contribution in [0.15, 0.2) is 35.7 Å². The zero-order chi connectivity index (χ0) is 11.4. The fourth-order valence-corrected chi connectivity index (χ4v) is 2.24. The van der Waals surface area contributed by atoms with Gasteiger partial charge in [0.05, 0.1) is 6.61 Å². The Morgan fingerprint density at radius 3 is 2.88 bits per heavy atom. The Balaban J connectivity index is 2.44. The van der Waals surface area contributed by atoms with Gasteiger partial charge in [-0.3, -0.25) is 4.79 Å². The highest BCUT2D eigenvalue weighted by Crippen LogP contribution is 2.29. The molecule has 0 radical (unpaired) electrons. The Labute approximate surface area is 98.5 Å². The lowest BCUT2D eigenvalue weighted by molar-refractivity contribution is 0.112. The van der Waals surface area contributed by atoms with Crippen molar-refractivity contribution in [3.63, 3.8) is 0 Å². The van der Waals surface area contributed by atoms with E-state index in [-0.39, 0.29) is 0 Å². The van der Waals surface area contributed by atoms with Crippen LogP contribution < -0.4 is 4.74 Å². The molecule has 16 heavy (non-hydrogen) atoms. The summed E-state index contributed by atoms with van der Waals surface area (Å²) in [6.07, 6.45) is 0.847. The summed E-state index contributed by atoms with van der Waals surface area (Å²) in [7, 11) is 0. The van der Waals surface area contributed by atoms with Crippen molar-refractivity contribution in [2.45, 2.75) is 6.92 Å². The van der Waals surface area contributed by atoms with Crippen molar-refractivity contribution in [3.8, 4) is 16.2 Å². The first-order valence-corrected chi connectivity index (χ1v) is 5.98. The SMILES string of the molecule is CCOc1cc(C=O)cc(-c2cccs2)c1. The lowest BCUT2D eigenvalue weighted by Gasteiger charge is -2.06. The minimum absolute atomic E-state index is 0.603. The molecule has 0 aliphatic carbocycles. The molecule has 0 aliphatic rings. The Kier molecular flexibility index (Phi) is 3.37. The van der Waals surface area contributed by atoms with Crippen molar-refractivity contribution in [3.05, 3.63) is 41.3 Å². The van der Waals surface area contributed by atoms with Crippen LogP contribution in [0.3, 0.4) is 0 Å². The lowest BCUT2D eigenvalue weighted by atomic mass is 10.1. The van der Waals surface area contributed by atoms with E-state index < -0.39 is 0 Å². The van der Waals surface area contributed by atoms with E-state index in [2.05, 4.69) is 0 Å². The highest BCUT2D eigenvalue weighted by atomic mass is 32.1. The Morgan fingerprint density at radius 2 is 2.25 bits per heavy atom. The molecule has 1 aromatic carbocycles. The van der Waals surface area contributed by atoms with Gasteiger partial charge in [0.15, 0.2) is 0 Å². The summed E-state index contributed by atoms with van der Waals surface area (Å²) >= 11 is 1.65. The number of carbonyl (C=O) groups excluding carboxylic acids is 1. The number of ether oxygens (including phenoxy) is 1. The average molecular weight is 232 g/mol. The van der Waals surface area contributed by atoms with Crippen molar-refractivity contribution >= 4 is 17.6 Å². The van der Waals surface area contributed by atoms with Crippen LogP contribution in [0.2, 0.25) is 0 Å². The maximum absolute atomic E-state index is 10.8. The molecule has 3 heteroatoms. The topological polar surface area (TPSA) is 26.3 Å². The molecule has 2 nitrogen and oxygen atoms in total. The largest absolute Gasteiger partial charge is 0.494 e. The first kappa shape index (κ1) is 10.9. The van der Waals surface area contributed by atoms with Crippen molar-refractivity contribution in [1.29, 1.82) is 0 Å². The summed E-state index contributed by atoms with van der Waals surface area (Å²) in [5.41, 5.74) is 1.68. The molecule has 0 unspecified atom stereocenters. The third kappa shape index (κ3) is 2.31. The number of thiophene rings is 1. The molecule has 0 atom stereocenters. The van der Waals surface area contributed by atoms with E-state index in [1.54, 1.807) is 17.4 Å². The van der Waals surface area contributed by atoms with Crippen LogP contribution in [0.4, 0.5) is 0 Å². The summed E-state index contributed by atoms with van der Waals surface area (Å²) < 4.78 is 5.43. The molecule has 0 amide bonds. The van der Waals surface area contributed by atoms with Crippen LogP contribution in [0.25, 0.3) is 10.4 Å². The highest BCUT2D eigenvalue weighted by Gasteiger charge is 2.04. The zero-order valence-electron chi connectivity index (χ0n) is 8.97. The van der Waals surface area contributed by atoms with Gasteiger partial charge in [-0.25, -0.2) is 0 Å². The average Bonchev–Trinajstić information content (AvgIpc) is 2.82. The number of carbonyl (C=O) groups is 1. The Hall–Kier alpha value is -1.61. The number of hydrogen-bond acceptors (Lipinski definition) is 3. The highest BCUT2D eigenvalue weighted by molar-refractivity contribution is 7.13. The lowest BCUT2D eigenvalue weighted by Crippen LogP contribution is -1.93. The van der Waals surface area contributed by atoms with Crippen LogP contribution >= 0.6 is 11.3 Å². The molecule has 0 fully saturated rings. The molecule has 0 N–H and O–H groups in total. The second-order valence-corrected chi connectivity index (χ2v) is 4.27. The van der Waals surface area contributed by atoms with E-state index in [9.17, 15) is 4.79 Å². The number of rotatable bonds is 4. The number of hydrogen-bond donors (Lipinski definition) is 0. The van der Waals surface area contributed by atoms with Crippen molar-refractivity contribution in [2.75, 3.05) is 6.61 Å². The molecule has 2 aromatic rings. The third-order valence-electron chi connectivity index (χ3n) is 2.18. The van der Waals surface area contributed by atoms with E-state index in [0.29, 0.717) is 12.2 Å². The zero-order valence-corrected chi connectivity index (χ0v) is 9.79. The smallest absolute Gasteiger partial charge is 0.150 e. The Bertz CT molecular complexity index is 475. The van der Waals surface area contributed by atoms with E-state index in [1.165, 1.54) is 0 Å². The minimum Gasteiger partial charge on any atom is -0.494 e. The van der Waals surface area contributed by atoms with E-state index >= 15 is 0 Å². The van der Waals surface area contributed by atoms with Gasteiger partial charge in [0.1, 0.15) is 12.0 Å². The quantitative estimate of drug-likeness (QED) is 0.752. The number of aldehydes is 1. The van der Waals surface area contributed by atoms with Gasteiger partial charge in [-0.15, -0.1) is 11.3 Å². The predicted molar refractivity (Wildman–Crippen MR) is 66.3 cm³/mol. The van der Waals surface area contributed by atoms with E-state index in [4.69, 9.17) is 4.74 Å². The van der Waals surface area contributed by atoms with Crippen molar-refractivity contribution < 1.29 is 9.53 Å². The van der Waals surface area contributed by atoms with Crippen LogP contribution in [0.5, 0.6) is 5.75 Å². The third-order valence-corrected chi connectivity index (χ3v) is 3.10. The summed E-state index contributed by atoms with van der Waals surface area (Å²) in [4.78, 5) is 12.0. The summed E-state index contributed by atoms with van der Waals surface area (Å²) in [6, 6.07) is 9.62. The molecular weight excluding hydrogens is 220 g/mol. The van der Waals surface area contributed by atoms with Gasteiger partial charge in [0.25, 0.3) is 0 Å². The van der Waals surface area contributed by atoms with Crippen LogP contribution in [0.1, 0.15) is 17.3 Å². The van der Waals surface area contributed by atoms with Gasteiger partial charge in [-0.1, -0.05) is 6.07 Å². The molecule has 1 aromatic heterocycles. The molecule has 0 bridgehead atoms. The molecule has 2 rings (SSSR count). The van der Waals surface area contributed by atoms with Gasteiger partial charge >= 0.3 is 0 Å². The van der Waals surface area contributed by atoms with E-state index in [1.807, 2.05) is 36.6 Å². The molecule has 0 saturated carbocycles. The molecule has 0 saturated heterocycles. The summed E-state index contributed by atoms with van der Waals surface area (Å²) in [5.74, 6) is 0.746. The second kappa shape index (κ2) is 4.94. The molecule has 0 spiro atoms. The summed E-state index contributed by atoms with van der Waals surface area (Å²) in [6.45, 7) is 2.53. The predicted octanol–water partition coefficient (Wildman–Crippen LogP) is 3.63. The van der Waals surface area contributed by atoms with E-state index in [0.717, 1.165) is 22.5 Å². The van der Waals surface area contributed by atoms with Gasteiger partial charge in [-0.2, -0.15) is 0 Å². The first-order chi connectivity index (χ1) is 7.83. The summed E-state index contributed by atoms with van der Waals surface area (Å²) in [5, 5.41) is 2.02. The minimum atomic E-state index is 0.603. The standard InChI is InChI=1S/C13H12O2S/c1-2-15-12-7-10(9-14)6-11(8-12)13-4-3-5-16-13/h3-9H,2H2,1H3. The van der Waals surface area contributed by atoms with Crippen LogP contribution in [0, 0.1) is 0 Å². The van der Waals surface area contributed by atoms with Gasteiger partial charge in [0.2, 0.25) is 0 Å².